The van der Waals surface area contributed by atoms with Gasteiger partial charge in [-0.3, -0.25) is 0 Å². The van der Waals surface area contributed by atoms with Gasteiger partial charge in [-0.25, -0.2) is 4.39 Å². The van der Waals surface area contributed by atoms with Gasteiger partial charge >= 0.3 is 0 Å². The first kappa shape index (κ1) is 17.1. The van der Waals surface area contributed by atoms with Crippen LogP contribution in [0.25, 0.3) is 33.4 Å². The molecule has 0 unspecified atom stereocenters. The Balaban J connectivity index is 2.14. The van der Waals surface area contributed by atoms with Gasteiger partial charge in [0.25, 0.3) is 0 Å². The van der Waals surface area contributed by atoms with Gasteiger partial charge in [-0.15, -0.1) is 0 Å². The van der Waals surface area contributed by atoms with E-state index in [2.05, 4.69) is 0 Å². The summed E-state index contributed by atoms with van der Waals surface area (Å²) in [6.07, 6.45) is 0. The molecule has 3 N–H and O–H groups in total. The van der Waals surface area contributed by atoms with Gasteiger partial charge < -0.3 is 19.7 Å². The average Bonchev–Trinajstić information content (AvgIpc) is 2.68. The fraction of sp³-hybridized carbons (Fsp3) is 0. The van der Waals surface area contributed by atoms with Crippen LogP contribution in [0.4, 0.5) is 4.39 Å². The number of phenolic OH excluding ortho intramolecular Hbond substituents is 3. The highest BCUT2D eigenvalue weighted by Gasteiger charge is 2.23. The van der Waals surface area contributed by atoms with Crippen molar-refractivity contribution < 1.29 is 24.1 Å². The lowest BCUT2D eigenvalue weighted by molar-refractivity contribution is 0.371. The normalized spacial score (nSPS) is 11.0. The summed E-state index contributed by atoms with van der Waals surface area (Å²) < 4.78 is 19.5. The molecular weight excluding hydrogens is 367 g/mol. The fourth-order valence-electron chi connectivity index (χ4n) is 2.98. The van der Waals surface area contributed by atoms with Crippen LogP contribution in [0, 0.1) is 10.3 Å². The summed E-state index contributed by atoms with van der Waals surface area (Å²) in [4.78, 5) is 0. The maximum atomic E-state index is 13.3. The SMILES string of the molecule is Oc1c(O)c(O)c2c(=S)cc(-c3ccccc3)oc2c1-c1ccc(F)cc1. The molecule has 0 aliphatic rings. The minimum absolute atomic E-state index is 0.0966. The molecule has 0 fully saturated rings. The third kappa shape index (κ3) is 2.80. The minimum atomic E-state index is -0.712. The van der Waals surface area contributed by atoms with Gasteiger partial charge in [-0.2, -0.15) is 0 Å². The smallest absolute Gasteiger partial charge is 0.201 e. The average molecular weight is 380 g/mol. The maximum Gasteiger partial charge on any atom is 0.201 e. The van der Waals surface area contributed by atoms with Gasteiger partial charge in [0.15, 0.2) is 17.1 Å². The van der Waals surface area contributed by atoms with E-state index in [0.717, 1.165) is 5.56 Å². The van der Waals surface area contributed by atoms with Crippen LogP contribution in [0.5, 0.6) is 17.2 Å². The zero-order valence-corrected chi connectivity index (χ0v) is 14.6. The molecule has 0 amide bonds. The number of rotatable bonds is 2. The van der Waals surface area contributed by atoms with E-state index in [4.69, 9.17) is 16.6 Å². The first-order valence-electron chi connectivity index (χ1n) is 8.03. The van der Waals surface area contributed by atoms with E-state index in [9.17, 15) is 19.7 Å². The summed E-state index contributed by atoms with van der Waals surface area (Å²) in [7, 11) is 0. The van der Waals surface area contributed by atoms with Gasteiger partial charge in [0.05, 0.1) is 15.5 Å². The predicted octanol–water partition coefficient (Wildman–Crippen LogP) is 5.75. The molecule has 0 spiro atoms. The summed E-state index contributed by atoms with van der Waals surface area (Å²) in [5, 5.41) is 31.0. The molecule has 134 valence electrons. The van der Waals surface area contributed by atoms with E-state index in [-0.39, 0.29) is 21.0 Å². The van der Waals surface area contributed by atoms with E-state index in [1.165, 1.54) is 24.3 Å². The van der Waals surface area contributed by atoms with Crippen molar-refractivity contribution in [3.8, 4) is 39.7 Å². The molecule has 0 bridgehead atoms. The van der Waals surface area contributed by atoms with Gasteiger partial charge in [0.1, 0.15) is 11.6 Å². The van der Waals surface area contributed by atoms with Crippen molar-refractivity contribution in [3.63, 3.8) is 0 Å². The molecule has 0 aliphatic carbocycles. The van der Waals surface area contributed by atoms with Crippen molar-refractivity contribution in [2.75, 3.05) is 0 Å². The molecule has 27 heavy (non-hydrogen) atoms. The van der Waals surface area contributed by atoms with Crippen LogP contribution in [0.3, 0.4) is 0 Å². The third-order valence-corrected chi connectivity index (χ3v) is 4.61. The highest BCUT2D eigenvalue weighted by molar-refractivity contribution is 7.71. The summed E-state index contributed by atoms with van der Waals surface area (Å²) >= 11 is 5.39. The molecule has 3 aromatic carbocycles. The van der Waals surface area contributed by atoms with Gasteiger partial charge in [0, 0.05) is 11.6 Å². The van der Waals surface area contributed by atoms with Crippen molar-refractivity contribution in [1.29, 1.82) is 0 Å². The molecule has 1 aromatic heterocycles. The van der Waals surface area contributed by atoms with E-state index in [1.807, 2.05) is 30.3 Å². The van der Waals surface area contributed by atoms with Crippen LogP contribution in [-0.4, -0.2) is 15.3 Å². The Bertz CT molecular complexity index is 1220. The van der Waals surface area contributed by atoms with Crippen LogP contribution in [0.2, 0.25) is 0 Å². The molecule has 0 saturated carbocycles. The molecular formula is C21H13FO4S. The third-order valence-electron chi connectivity index (χ3n) is 4.29. The lowest BCUT2D eigenvalue weighted by Crippen LogP contribution is -1.89. The quantitative estimate of drug-likeness (QED) is 0.305. The van der Waals surface area contributed by atoms with E-state index < -0.39 is 23.1 Å². The van der Waals surface area contributed by atoms with Crippen molar-refractivity contribution in [1.82, 2.24) is 0 Å². The van der Waals surface area contributed by atoms with Gasteiger partial charge in [0.2, 0.25) is 5.75 Å². The number of fused-ring (bicyclic) bond motifs is 1. The standard InChI is InChI=1S/C21H13FO4S/c22-13-8-6-12(7-9-13)16-18(23)20(25)19(24)17-15(27)10-14(26-21(16)17)11-4-2-1-3-5-11/h1-10,23-25H. The Hall–Kier alpha value is -3.38. The monoisotopic (exact) mass is 380 g/mol. The molecule has 0 saturated heterocycles. The van der Waals surface area contributed by atoms with Crippen molar-refractivity contribution in [2.24, 2.45) is 0 Å². The summed E-state index contributed by atoms with van der Waals surface area (Å²) in [6, 6.07) is 16.1. The fourth-order valence-corrected chi connectivity index (χ4v) is 3.28. The zero-order valence-electron chi connectivity index (χ0n) is 13.8. The number of halogens is 1. The highest BCUT2D eigenvalue weighted by Crippen LogP contribution is 2.50. The number of benzene rings is 3. The Morgan fingerprint density at radius 2 is 1.44 bits per heavy atom. The molecule has 0 radical (unpaired) electrons. The second kappa shape index (κ2) is 6.41. The second-order valence-electron chi connectivity index (χ2n) is 5.97. The maximum absolute atomic E-state index is 13.3. The summed E-state index contributed by atoms with van der Waals surface area (Å²) in [6.45, 7) is 0. The number of hydrogen-bond acceptors (Lipinski definition) is 5. The largest absolute Gasteiger partial charge is 0.504 e. The number of phenols is 3. The van der Waals surface area contributed by atoms with Crippen LogP contribution in [0.1, 0.15) is 0 Å². The predicted molar refractivity (Wildman–Crippen MR) is 103 cm³/mol. The summed E-state index contributed by atoms with van der Waals surface area (Å²) in [5.41, 5.74) is 1.37. The molecule has 4 nitrogen and oxygen atoms in total. The van der Waals surface area contributed by atoms with Gasteiger partial charge in [-0.1, -0.05) is 54.7 Å². The number of aromatic hydroxyl groups is 3. The molecule has 1 heterocycles. The second-order valence-corrected chi connectivity index (χ2v) is 6.41. The lowest BCUT2D eigenvalue weighted by Gasteiger charge is -2.14. The molecule has 0 atom stereocenters. The lowest BCUT2D eigenvalue weighted by atomic mass is 9.99. The molecule has 4 aromatic rings. The molecule has 0 aliphatic heterocycles. The van der Waals surface area contributed by atoms with E-state index in [1.54, 1.807) is 6.07 Å². The van der Waals surface area contributed by atoms with Crippen LogP contribution in [-0.2, 0) is 0 Å². The van der Waals surface area contributed by atoms with E-state index >= 15 is 0 Å². The Labute approximate surface area is 158 Å². The first-order valence-corrected chi connectivity index (χ1v) is 8.44. The minimum Gasteiger partial charge on any atom is -0.504 e. The Morgan fingerprint density at radius 3 is 2.11 bits per heavy atom. The van der Waals surface area contributed by atoms with Crippen LogP contribution in [0.15, 0.2) is 65.1 Å². The van der Waals surface area contributed by atoms with Gasteiger partial charge in [-0.05, 0) is 17.7 Å². The highest BCUT2D eigenvalue weighted by atomic mass is 32.1. The number of hydrogen-bond donors (Lipinski definition) is 3. The summed E-state index contributed by atoms with van der Waals surface area (Å²) in [5.74, 6) is -1.87. The Kier molecular flexibility index (Phi) is 4.05. The molecule has 4 rings (SSSR count). The zero-order chi connectivity index (χ0) is 19.1. The van der Waals surface area contributed by atoms with E-state index in [0.29, 0.717) is 11.3 Å². The van der Waals surface area contributed by atoms with Crippen LogP contribution < -0.4 is 0 Å². The van der Waals surface area contributed by atoms with Crippen molar-refractivity contribution >= 4 is 23.2 Å². The van der Waals surface area contributed by atoms with Crippen molar-refractivity contribution in [3.05, 3.63) is 71.0 Å². The molecule has 6 heteroatoms. The topological polar surface area (TPSA) is 73.8 Å². The van der Waals surface area contributed by atoms with Crippen molar-refractivity contribution in [2.45, 2.75) is 0 Å². The van der Waals surface area contributed by atoms with Crippen LogP contribution >= 0.6 is 12.2 Å². The Morgan fingerprint density at radius 1 is 0.778 bits per heavy atom. The first-order chi connectivity index (χ1) is 13.0.